The van der Waals surface area contributed by atoms with E-state index in [0.29, 0.717) is 12.3 Å². The molecule has 1 fully saturated rings. The number of H-pyrrole nitrogens is 1. The maximum atomic E-state index is 12.1. The number of esters is 4. The van der Waals surface area contributed by atoms with Crippen LogP contribution in [-0.4, -0.2) is 71.4 Å². The molecule has 1 aliphatic rings. The molecule has 1 aromatic carbocycles. The van der Waals surface area contributed by atoms with Crippen molar-refractivity contribution >= 4 is 23.9 Å². The lowest BCUT2D eigenvalue weighted by Crippen LogP contribution is -2.63. The minimum atomic E-state index is -1.37. The molecule has 0 aliphatic carbocycles. The Kier molecular flexibility index (Phi) is 10.9. The minimum absolute atomic E-state index is 0.176. The van der Waals surface area contributed by atoms with Crippen LogP contribution in [0.2, 0.25) is 0 Å². The number of ether oxygens (including phenoxy) is 6. The lowest BCUT2D eigenvalue weighted by atomic mass is 9.98. The molecule has 0 bridgehead atoms. The van der Waals surface area contributed by atoms with Crippen molar-refractivity contribution in [2.75, 3.05) is 6.61 Å². The Morgan fingerprint density at radius 2 is 1.41 bits per heavy atom. The summed E-state index contributed by atoms with van der Waals surface area (Å²) < 4.78 is 33.7. The third kappa shape index (κ3) is 9.04. The molecule has 1 aromatic heterocycles. The second-order valence-electron chi connectivity index (χ2n) is 10.4. The lowest BCUT2D eigenvalue weighted by Gasteiger charge is -2.43. The van der Waals surface area contributed by atoms with Crippen molar-refractivity contribution in [3.05, 3.63) is 46.6 Å². The molecule has 12 nitrogen and oxygen atoms in total. The zero-order valence-corrected chi connectivity index (χ0v) is 24.4. The minimum Gasteiger partial charge on any atom is -0.463 e. The molecule has 0 radical (unpaired) electrons. The molecule has 2 aromatic rings. The van der Waals surface area contributed by atoms with Crippen LogP contribution in [-0.2, 0) is 55.7 Å². The van der Waals surface area contributed by atoms with Gasteiger partial charge in [0, 0.05) is 45.4 Å². The van der Waals surface area contributed by atoms with E-state index < -0.39 is 54.6 Å². The highest BCUT2D eigenvalue weighted by molar-refractivity contribution is 5.68. The Balaban J connectivity index is 1.95. The van der Waals surface area contributed by atoms with Gasteiger partial charge in [-0.25, -0.2) is 0 Å². The zero-order valence-electron chi connectivity index (χ0n) is 24.4. The van der Waals surface area contributed by atoms with Gasteiger partial charge in [0.1, 0.15) is 12.7 Å². The Bertz CT molecular complexity index is 1220. The number of aromatic nitrogens is 2. The molecule has 2 heterocycles. The van der Waals surface area contributed by atoms with Crippen LogP contribution in [0.1, 0.15) is 63.9 Å². The third-order valence-electron chi connectivity index (χ3n) is 6.26. The number of aryl methyl sites for hydroxylation is 1. The second kappa shape index (κ2) is 14.1. The van der Waals surface area contributed by atoms with E-state index in [1.807, 2.05) is 19.1 Å². The molecular weight excluding hydrogens is 536 g/mol. The molecule has 0 saturated carbocycles. The number of carbonyl (C=O) groups is 4. The number of rotatable bonds is 11. The number of aromatic amines is 1. The van der Waals surface area contributed by atoms with Crippen molar-refractivity contribution < 1.29 is 47.6 Å². The smallest absolute Gasteiger partial charge is 0.303 e. The monoisotopic (exact) mass is 574 g/mol. The summed E-state index contributed by atoms with van der Waals surface area (Å²) >= 11 is 0. The van der Waals surface area contributed by atoms with Crippen LogP contribution < -0.4 is 4.74 Å². The second-order valence-corrected chi connectivity index (χ2v) is 10.4. The fraction of sp³-hybridized carbons (Fsp3) is 0.552. The van der Waals surface area contributed by atoms with Crippen molar-refractivity contribution in [2.24, 2.45) is 5.92 Å². The molecule has 0 unspecified atom stereocenters. The van der Waals surface area contributed by atoms with Crippen molar-refractivity contribution in [3.63, 3.8) is 0 Å². The number of carbonyl (C=O) groups excluding carboxylic acids is 4. The van der Waals surface area contributed by atoms with E-state index in [2.05, 4.69) is 36.2 Å². The quantitative estimate of drug-likeness (QED) is 0.311. The van der Waals surface area contributed by atoms with Gasteiger partial charge in [0.25, 0.3) is 0 Å². The molecule has 1 N–H and O–H groups in total. The molecule has 12 heteroatoms. The first-order valence-corrected chi connectivity index (χ1v) is 13.4. The van der Waals surface area contributed by atoms with Gasteiger partial charge in [0.15, 0.2) is 12.2 Å². The van der Waals surface area contributed by atoms with E-state index in [-0.39, 0.29) is 12.5 Å². The first-order chi connectivity index (χ1) is 19.3. The largest absolute Gasteiger partial charge is 0.463 e. The normalized spacial score (nSPS) is 22.1. The van der Waals surface area contributed by atoms with E-state index >= 15 is 0 Å². The van der Waals surface area contributed by atoms with E-state index in [9.17, 15) is 19.2 Å². The first-order valence-electron chi connectivity index (χ1n) is 13.4. The fourth-order valence-corrected chi connectivity index (χ4v) is 4.60. The highest BCUT2D eigenvalue weighted by Gasteiger charge is 2.53. The number of nitrogens with zero attached hydrogens (tertiary/aromatic N) is 1. The summed E-state index contributed by atoms with van der Waals surface area (Å²) in [7, 11) is 0. The summed E-state index contributed by atoms with van der Waals surface area (Å²) in [6.45, 7) is 10.5. The zero-order chi connectivity index (χ0) is 30.3. The van der Waals surface area contributed by atoms with Crippen LogP contribution in [0, 0.1) is 12.8 Å². The van der Waals surface area contributed by atoms with Gasteiger partial charge in [-0.1, -0.05) is 38.1 Å². The summed E-state index contributed by atoms with van der Waals surface area (Å²) in [5.74, 6) is -2.05. The van der Waals surface area contributed by atoms with Crippen molar-refractivity contribution in [1.29, 1.82) is 0 Å². The molecular formula is C29H38N2O10. The first kappa shape index (κ1) is 31.6. The van der Waals surface area contributed by atoms with Gasteiger partial charge in [-0.2, -0.15) is 0 Å². The van der Waals surface area contributed by atoms with E-state index in [4.69, 9.17) is 28.4 Å². The average Bonchev–Trinajstić information content (AvgIpc) is 3.20. The van der Waals surface area contributed by atoms with Crippen LogP contribution in [0.5, 0.6) is 5.88 Å². The maximum Gasteiger partial charge on any atom is 0.303 e. The van der Waals surface area contributed by atoms with Crippen LogP contribution in [0.4, 0.5) is 0 Å². The van der Waals surface area contributed by atoms with Gasteiger partial charge >= 0.3 is 23.9 Å². The Morgan fingerprint density at radius 3 is 1.98 bits per heavy atom. The lowest BCUT2D eigenvalue weighted by molar-refractivity contribution is -0.289. The van der Waals surface area contributed by atoms with Gasteiger partial charge in [0.2, 0.25) is 18.3 Å². The highest BCUT2D eigenvalue weighted by Crippen LogP contribution is 2.32. The molecule has 0 spiro atoms. The van der Waals surface area contributed by atoms with Gasteiger partial charge < -0.3 is 28.4 Å². The summed E-state index contributed by atoms with van der Waals surface area (Å²) in [4.78, 5) is 47.7. The van der Waals surface area contributed by atoms with Crippen LogP contribution in [0.15, 0.2) is 24.3 Å². The predicted molar refractivity (Wildman–Crippen MR) is 144 cm³/mol. The Hall–Kier alpha value is -3.93. The van der Waals surface area contributed by atoms with E-state index in [0.717, 1.165) is 37.1 Å². The number of hydrogen-bond acceptors (Lipinski definition) is 11. The van der Waals surface area contributed by atoms with Crippen molar-refractivity contribution in [2.45, 2.75) is 92.0 Å². The van der Waals surface area contributed by atoms with E-state index in [1.54, 1.807) is 0 Å². The number of benzene rings is 1. The predicted octanol–water partition coefficient (Wildman–Crippen LogP) is 2.97. The molecule has 1 saturated heterocycles. The molecule has 41 heavy (non-hydrogen) atoms. The third-order valence-corrected chi connectivity index (χ3v) is 6.26. The van der Waals surface area contributed by atoms with Crippen LogP contribution >= 0.6 is 0 Å². The van der Waals surface area contributed by atoms with E-state index in [1.165, 1.54) is 19.4 Å². The maximum absolute atomic E-state index is 12.1. The molecule has 0 amide bonds. The van der Waals surface area contributed by atoms with Gasteiger partial charge in [0.05, 0.1) is 0 Å². The number of hydrogen-bond donors (Lipinski definition) is 1. The summed E-state index contributed by atoms with van der Waals surface area (Å²) in [6.07, 6.45) is -5.00. The van der Waals surface area contributed by atoms with Crippen LogP contribution in [0.25, 0.3) is 0 Å². The molecule has 3 rings (SSSR count). The average molecular weight is 575 g/mol. The highest BCUT2D eigenvalue weighted by atomic mass is 16.7. The van der Waals surface area contributed by atoms with Crippen LogP contribution in [0.3, 0.4) is 0 Å². The summed E-state index contributed by atoms with van der Waals surface area (Å²) in [5, 5.41) is 7.19. The van der Waals surface area contributed by atoms with Gasteiger partial charge in [-0.05, 0) is 30.4 Å². The molecule has 224 valence electrons. The van der Waals surface area contributed by atoms with Gasteiger partial charge in [-0.15, -0.1) is 5.10 Å². The summed E-state index contributed by atoms with van der Waals surface area (Å²) in [6, 6.07) is 8.26. The Labute approximate surface area is 239 Å². The van der Waals surface area contributed by atoms with Crippen molar-refractivity contribution in [3.8, 4) is 5.88 Å². The fourth-order valence-electron chi connectivity index (χ4n) is 4.60. The van der Waals surface area contributed by atoms with Crippen molar-refractivity contribution in [1.82, 2.24) is 10.2 Å². The molecule has 1 aliphatic heterocycles. The van der Waals surface area contributed by atoms with Gasteiger partial charge in [-0.3, -0.25) is 24.3 Å². The topological polar surface area (TPSA) is 152 Å². The standard InChI is InChI=1S/C29H38N2O10/c1-15(2)12-21-8-10-22(11-9-21)13-23-16(3)30-31-28(23)41-29-27(39-20(7)35)26(38-19(6)34)25(37-18(5)33)24(40-29)14-36-17(4)32/h8-11,15,24-27,29H,12-14H2,1-7H3,(H,30,31)/t24-,25-,26+,27-,29+/m1/s1. The SMILES string of the molecule is CC(=O)OC[C@H]1O[C@@H](Oc2n[nH]c(C)c2Cc2ccc(CC(C)C)cc2)[C@H](OC(C)=O)[C@@H](OC(C)=O)[C@@H]1OC(C)=O. The summed E-state index contributed by atoms with van der Waals surface area (Å²) in [5.41, 5.74) is 3.74. The molecule has 5 atom stereocenters. The Morgan fingerprint density at radius 1 is 0.854 bits per heavy atom. The number of nitrogens with one attached hydrogen (secondary N) is 1.